The van der Waals surface area contributed by atoms with Gasteiger partial charge in [0.25, 0.3) is 5.91 Å². The summed E-state index contributed by atoms with van der Waals surface area (Å²) in [5.41, 5.74) is 3.28. The third kappa shape index (κ3) is 5.16. The van der Waals surface area contributed by atoms with Crippen molar-refractivity contribution >= 4 is 5.91 Å². The molecule has 2 aromatic carbocycles. The number of hydrogen-bond donors (Lipinski definition) is 1. The van der Waals surface area contributed by atoms with Crippen LogP contribution in [0, 0.1) is 6.92 Å². The van der Waals surface area contributed by atoms with Crippen LogP contribution in [-0.2, 0) is 4.79 Å². The van der Waals surface area contributed by atoms with Crippen molar-refractivity contribution in [1.82, 2.24) is 5.32 Å². The van der Waals surface area contributed by atoms with E-state index < -0.39 is 0 Å². The van der Waals surface area contributed by atoms with Crippen LogP contribution in [0.25, 0.3) is 0 Å². The van der Waals surface area contributed by atoms with Gasteiger partial charge in [0, 0.05) is 0 Å². The van der Waals surface area contributed by atoms with Gasteiger partial charge in [0.15, 0.2) is 18.1 Å². The molecule has 0 aliphatic carbocycles. The lowest BCUT2D eigenvalue weighted by Gasteiger charge is -2.21. The van der Waals surface area contributed by atoms with Gasteiger partial charge in [-0.1, -0.05) is 26.0 Å². The van der Waals surface area contributed by atoms with Crippen LogP contribution in [0.1, 0.15) is 49.4 Å². The summed E-state index contributed by atoms with van der Waals surface area (Å²) in [6.45, 7) is 8.18. The highest BCUT2D eigenvalue weighted by Gasteiger charge is 2.17. The summed E-state index contributed by atoms with van der Waals surface area (Å²) in [7, 11) is 3.25. The maximum Gasteiger partial charge on any atom is 0.258 e. The maximum absolute atomic E-state index is 12.4. The molecule has 146 valence electrons. The maximum atomic E-state index is 12.4. The van der Waals surface area contributed by atoms with Gasteiger partial charge < -0.3 is 19.5 Å². The Kier molecular flexibility index (Phi) is 7.11. The SMILES string of the molecule is COc1ccccc1OCC(=O)N[C@@H](C)c1cc(C(C)C)c(OC)cc1C. The smallest absolute Gasteiger partial charge is 0.258 e. The van der Waals surface area contributed by atoms with E-state index in [1.54, 1.807) is 26.4 Å². The average Bonchev–Trinajstić information content (AvgIpc) is 2.65. The molecule has 1 N–H and O–H groups in total. The van der Waals surface area contributed by atoms with Crippen LogP contribution in [-0.4, -0.2) is 26.7 Å². The number of amides is 1. The monoisotopic (exact) mass is 371 g/mol. The minimum Gasteiger partial charge on any atom is -0.496 e. The number of hydrogen-bond acceptors (Lipinski definition) is 4. The molecule has 1 atom stereocenters. The molecule has 0 aliphatic rings. The van der Waals surface area contributed by atoms with Crippen molar-refractivity contribution in [3.05, 3.63) is 53.1 Å². The Morgan fingerprint density at radius 3 is 2.19 bits per heavy atom. The van der Waals surface area contributed by atoms with Gasteiger partial charge in [-0.15, -0.1) is 0 Å². The molecule has 0 bridgehead atoms. The largest absolute Gasteiger partial charge is 0.496 e. The molecular weight excluding hydrogens is 342 g/mol. The second kappa shape index (κ2) is 9.31. The van der Waals surface area contributed by atoms with Crippen molar-refractivity contribution in [2.75, 3.05) is 20.8 Å². The minimum atomic E-state index is -0.185. The van der Waals surface area contributed by atoms with Crippen LogP contribution in [0.4, 0.5) is 0 Å². The molecule has 0 unspecified atom stereocenters. The summed E-state index contributed by atoms with van der Waals surface area (Å²) in [5.74, 6) is 2.17. The van der Waals surface area contributed by atoms with Crippen LogP contribution in [0.2, 0.25) is 0 Å². The Morgan fingerprint density at radius 2 is 1.59 bits per heavy atom. The molecule has 2 aromatic rings. The van der Waals surface area contributed by atoms with E-state index in [2.05, 4.69) is 25.2 Å². The molecule has 0 aromatic heterocycles. The first-order valence-corrected chi connectivity index (χ1v) is 9.11. The van der Waals surface area contributed by atoms with Crippen LogP contribution in [0.3, 0.4) is 0 Å². The molecule has 2 rings (SSSR count). The summed E-state index contributed by atoms with van der Waals surface area (Å²) in [6, 6.07) is 11.3. The number of benzene rings is 2. The Labute approximate surface area is 161 Å². The molecule has 5 heteroatoms. The molecule has 27 heavy (non-hydrogen) atoms. The Bertz CT molecular complexity index is 786. The molecule has 0 aliphatic heterocycles. The number of carbonyl (C=O) groups is 1. The van der Waals surface area contributed by atoms with Gasteiger partial charge in [0.05, 0.1) is 20.3 Å². The van der Waals surface area contributed by atoms with E-state index in [0.29, 0.717) is 17.4 Å². The van der Waals surface area contributed by atoms with Crippen molar-refractivity contribution in [3.8, 4) is 17.2 Å². The predicted molar refractivity (Wildman–Crippen MR) is 107 cm³/mol. The molecule has 0 heterocycles. The van der Waals surface area contributed by atoms with E-state index in [9.17, 15) is 4.79 Å². The number of rotatable bonds is 8. The molecule has 5 nitrogen and oxygen atoms in total. The van der Waals surface area contributed by atoms with Gasteiger partial charge in [-0.2, -0.15) is 0 Å². The summed E-state index contributed by atoms with van der Waals surface area (Å²) in [5, 5.41) is 3.00. The first kappa shape index (κ1) is 20.6. The lowest BCUT2D eigenvalue weighted by atomic mass is 9.93. The predicted octanol–water partition coefficient (Wildman–Crippen LogP) is 4.39. The number of nitrogens with one attached hydrogen (secondary N) is 1. The van der Waals surface area contributed by atoms with Gasteiger partial charge in [0.2, 0.25) is 0 Å². The Balaban J connectivity index is 2.07. The van der Waals surface area contributed by atoms with Crippen molar-refractivity contribution in [3.63, 3.8) is 0 Å². The molecule has 0 spiro atoms. The van der Waals surface area contributed by atoms with E-state index in [-0.39, 0.29) is 18.6 Å². The summed E-state index contributed by atoms with van der Waals surface area (Å²) >= 11 is 0. The normalized spacial score (nSPS) is 11.8. The van der Waals surface area contributed by atoms with Crippen LogP contribution < -0.4 is 19.5 Å². The second-order valence-corrected chi connectivity index (χ2v) is 6.83. The lowest BCUT2D eigenvalue weighted by molar-refractivity contribution is -0.123. The number of para-hydroxylation sites is 2. The fraction of sp³-hybridized carbons (Fsp3) is 0.409. The zero-order valence-electron chi connectivity index (χ0n) is 17.0. The topological polar surface area (TPSA) is 56.8 Å². The fourth-order valence-corrected chi connectivity index (χ4v) is 3.05. The quantitative estimate of drug-likeness (QED) is 0.748. The molecule has 0 saturated heterocycles. The van der Waals surface area contributed by atoms with E-state index in [1.807, 2.05) is 32.0 Å². The minimum absolute atomic E-state index is 0.0725. The molecule has 1 amide bonds. The standard InChI is InChI=1S/C22H29NO4/c1-14(2)17-12-18(15(3)11-21(17)26-6)16(4)23-22(24)13-27-20-10-8-7-9-19(20)25-5/h7-12,14,16H,13H2,1-6H3,(H,23,24)/t16-/m0/s1. The third-order valence-corrected chi connectivity index (χ3v) is 4.51. The molecule has 0 fully saturated rings. The first-order chi connectivity index (χ1) is 12.9. The summed E-state index contributed by atoms with van der Waals surface area (Å²) in [6.07, 6.45) is 0. The van der Waals surface area contributed by atoms with Gasteiger partial charge >= 0.3 is 0 Å². The van der Waals surface area contributed by atoms with Crippen LogP contribution in [0.15, 0.2) is 36.4 Å². The summed E-state index contributed by atoms with van der Waals surface area (Å²) in [4.78, 5) is 12.4. The van der Waals surface area contributed by atoms with Crippen molar-refractivity contribution in [2.45, 2.75) is 39.7 Å². The van der Waals surface area contributed by atoms with E-state index >= 15 is 0 Å². The first-order valence-electron chi connectivity index (χ1n) is 9.11. The zero-order chi connectivity index (χ0) is 20.0. The van der Waals surface area contributed by atoms with Crippen LogP contribution in [0.5, 0.6) is 17.2 Å². The van der Waals surface area contributed by atoms with E-state index in [0.717, 1.165) is 22.4 Å². The number of ether oxygens (including phenoxy) is 3. The Morgan fingerprint density at radius 1 is 0.963 bits per heavy atom. The number of methoxy groups -OCH3 is 2. The van der Waals surface area contributed by atoms with Crippen molar-refractivity contribution in [2.24, 2.45) is 0 Å². The van der Waals surface area contributed by atoms with E-state index in [1.165, 1.54) is 0 Å². The molecular formula is C22H29NO4. The van der Waals surface area contributed by atoms with Crippen molar-refractivity contribution < 1.29 is 19.0 Å². The van der Waals surface area contributed by atoms with Gasteiger partial charge in [-0.3, -0.25) is 4.79 Å². The van der Waals surface area contributed by atoms with Crippen LogP contribution >= 0.6 is 0 Å². The zero-order valence-corrected chi connectivity index (χ0v) is 17.0. The number of aryl methyl sites for hydroxylation is 1. The van der Waals surface area contributed by atoms with Crippen molar-refractivity contribution in [1.29, 1.82) is 0 Å². The third-order valence-electron chi connectivity index (χ3n) is 4.51. The average molecular weight is 371 g/mol. The van der Waals surface area contributed by atoms with Gasteiger partial charge in [-0.05, 0) is 60.7 Å². The Hall–Kier alpha value is -2.69. The molecule has 0 saturated carbocycles. The number of carbonyl (C=O) groups excluding carboxylic acids is 1. The highest BCUT2D eigenvalue weighted by molar-refractivity contribution is 5.78. The summed E-state index contributed by atoms with van der Waals surface area (Å²) < 4.78 is 16.3. The van der Waals surface area contributed by atoms with Gasteiger partial charge in [-0.25, -0.2) is 0 Å². The second-order valence-electron chi connectivity index (χ2n) is 6.83. The van der Waals surface area contributed by atoms with E-state index in [4.69, 9.17) is 14.2 Å². The van der Waals surface area contributed by atoms with Gasteiger partial charge in [0.1, 0.15) is 5.75 Å². The lowest BCUT2D eigenvalue weighted by Crippen LogP contribution is -2.31. The highest BCUT2D eigenvalue weighted by Crippen LogP contribution is 2.32. The fourth-order valence-electron chi connectivity index (χ4n) is 3.05. The molecule has 0 radical (unpaired) electrons. The highest BCUT2D eigenvalue weighted by atomic mass is 16.5.